The first-order valence-electron chi connectivity index (χ1n) is 8.41. The second-order valence-electron chi connectivity index (χ2n) is 5.80. The van der Waals surface area contributed by atoms with Gasteiger partial charge in [0.1, 0.15) is 0 Å². The third-order valence-electron chi connectivity index (χ3n) is 3.83. The van der Waals surface area contributed by atoms with E-state index in [-0.39, 0.29) is 5.91 Å². The van der Waals surface area contributed by atoms with Gasteiger partial charge >= 0.3 is 0 Å². The van der Waals surface area contributed by atoms with Gasteiger partial charge in [0, 0.05) is 19.7 Å². The van der Waals surface area contributed by atoms with Gasteiger partial charge in [0.25, 0.3) is 0 Å². The predicted molar refractivity (Wildman–Crippen MR) is 106 cm³/mol. The van der Waals surface area contributed by atoms with Gasteiger partial charge in [0.05, 0.1) is 30.4 Å². The number of hydrogen-bond acceptors (Lipinski definition) is 4. The third-order valence-corrected chi connectivity index (χ3v) is 4.11. The van der Waals surface area contributed by atoms with Crippen molar-refractivity contribution in [1.29, 1.82) is 5.26 Å². The van der Waals surface area contributed by atoms with E-state index in [0.29, 0.717) is 35.2 Å². The normalized spacial score (nSPS) is 10.5. The van der Waals surface area contributed by atoms with Crippen molar-refractivity contribution in [2.45, 2.75) is 13.5 Å². The first kappa shape index (κ1) is 20.3. The van der Waals surface area contributed by atoms with Gasteiger partial charge < -0.3 is 14.4 Å². The molecule has 0 unspecified atom stereocenters. The van der Waals surface area contributed by atoms with Gasteiger partial charge in [0.15, 0.2) is 11.5 Å². The number of benzene rings is 2. The van der Waals surface area contributed by atoms with Crippen LogP contribution in [0, 0.1) is 11.3 Å². The zero-order valence-electron chi connectivity index (χ0n) is 15.5. The lowest BCUT2D eigenvalue weighted by molar-refractivity contribution is -0.125. The summed E-state index contributed by atoms with van der Waals surface area (Å²) in [6.45, 7) is 2.80. The van der Waals surface area contributed by atoms with E-state index in [1.165, 1.54) is 13.2 Å². The van der Waals surface area contributed by atoms with Crippen LogP contribution in [0.4, 0.5) is 0 Å². The Balaban J connectivity index is 2.09. The van der Waals surface area contributed by atoms with Crippen LogP contribution in [0.3, 0.4) is 0 Å². The number of amides is 1. The highest BCUT2D eigenvalue weighted by Gasteiger charge is 2.11. The number of carbonyl (C=O) groups excluding carboxylic acids is 1. The number of halogens is 1. The van der Waals surface area contributed by atoms with Crippen molar-refractivity contribution in [3.05, 3.63) is 64.2 Å². The molecule has 0 aliphatic heterocycles. The van der Waals surface area contributed by atoms with Gasteiger partial charge in [0.2, 0.25) is 5.91 Å². The summed E-state index contributed by atoms with van der Waals surface area (Å²) in [4.78, 5) is 14.0. The van der Waals surface area contributed by atoms with E-state index in [0.717, 1.165) is 11.1 Å². The number of hydrogen-bond donors (Lipinski definition) is 0. The molecular formula is C21H21ClN2O3. The minimum atomic E-state index is -0.149. The van der Waals surface area contributed by atoms with Crippen molar-refractivity contribution in [3.63, 3.8) is 0 Å². The van der Waals surface area contributed by atoms with E-state index in [2.05, 4.69) is 6.07 Å². The molecule has 0 atom stereocenters. The van der Waals surface area contributed by atoms with Crippen molar-refractivity contribution in [2.24, 2.45) is 0 Å². The summed E-state index contributed by atoms with van der Waals surface area (Å²) >= 11 is 6.22. The van der Waals surface area contributed by atoms with E-state index >= 15 is 0 Å². The highest BCUT2D eigenvalue weighted by atomic mass is 35.5. The Bertz CT molecular complexity index is 870. The lowest BCUT2D eigenvalue weighted by Crippen LogP contribution is -2.24. The largest absolute Gasteiger partial charge is 0.491 e. The average molecular weight is 385 g/mol. The van der Waals surface area contributed by atoms with Crippen molar-refractivity contribution >= 4 is 23.6 Å². The number of likely N-dealkylation sites (N-methyl/N-ethyl adjacent to an activating group) is 1. The summed E-state index contributed by atoms with van der Waals surface area (Å²) in [5.74, 6) is 0.856. The van der Waals surface area contributed by atoms with Crippen LogP contribution in [0.15, 0.2) is 42.5 Å². The molecule has 0 saturated heterocycles. The van der Waals surface area contributed by atoms with Crippen LogP contribution in [-0.4, -0.2) is 31.6 Å². The van der Waals surface area contributed by atoms with Crippen LogP contribution in [-0.2, 0) is 11.3 Å². The lowest BCUT2D eigenvalue weighted by Gasteiger charge is -2.15. The van der Waals surface area contributed by atoms with Crippen molar-refractivity contribution in [2.75, 3.05) is 20.8 Å². The Morgan fingerprint density at radius 2 is 2.00 bits per heavy atom. The Morgan fingerprint density at radius 3 is 2.59 bits per heavy atom. The standard InChI is InChI=1S/C21H21ClN2O3/c1-4-27-19-12-17(11-18(22)21(19)26-3)9-10-20(25)24(2)14-16-7-5-15(13-23)6-8-16/h5-12H,4,14H2,1-3H3/b10-9+. The summed E-state index contributed by atoms with van der Waals surface area (Å²) in [6.07, 6.45) is 3.17. The van der Waals surface area contributed by atoms with Gasteiger partial charge in [-0.25, -0.2) is 0 Å². The molecule has 2 aromatic rings. The quantitative estimate of drug-likeness (QED) is 0.668. The second kappa shape index (κ2) is 9.65. The van der Waals surface area contributed by atoms with Crippen molar-refractivity contribution in [1.82, 2.24) is 4.90 Å². The maximum atomic E-state index is 12.4. The lowest BCUT2D eigenvalue weighted by atomic mass is 10.1. The Labute approximate surface area is 164 Å². The van der Waals surface area contributed by atoms with Gasteiger partial charge in [-0.3, -0.25) is 4.79 Å². The molecule has 0 N–H and O–H groups in total. The molecular weight excluding hydrogens is 364 g/mol. The molecule has 0 heterocycles. The monoisotopic (exact) mass is 384 g/mol. The average Bonchev–Trinajstić information content (AvgIpc) is 2.66. The molecule has 5 nitrogen and oxygen atoms in total. The van der Waals surface area contributed by atoms with Gasteiger partial charge in [-0.1, -0.05) is 23.7 Å². The number of carbonyl (C=O) groups is 1. The molecule has 2 rings (SSSR count). The summed E-state index contributed by atoms with van der Waals surface area (Å²) < 4.78 is 10.8. The number of nitrogens with zero attached hydrogens (tertiary/aromatic N) is 2. The molecule has 140 valence electrons. The molecule has 0 aliphatic rings. The van der Waals surface area contributed by atoms with E-state index in [1.807, 2.05) is 19.1 Å². The third kappa shape index (κ3) is 5.50. The summed E-state index contributed by atoms with van der Waals surface area (Å²) in [6, 6.07) is 12.7. The van der Waals surface area contributed by atoms with Crippen LogP contribution < -0.4 is 9.47 Å². The SMILES string of the molecule is CCOc1cc(/C=C/C(=O)N(C)Cc2ccc(C#N)cc2)cc(Cl)c1OC. The molecule has 0 fully saturated rings. The van der Waals surface area contributed by atoms with Crippen molar-refractivity contribution in [3.8, 4) is 17.6 Å². The molecule has 6 heteroatoms. The molecule has 0 radical (unpaired) electrons. The zero-order valence-corrected chi connectivity index (χ0v) is 16.3. The topological polar surface area (TPSA) is 62.6 Å². The van der Waals surface area contributed by atoms with E-state index in [9.17, 15) is 4.79 Å². The maximum absolute atomic E-state index is 12.4. The van der Waals surface area contributed by atoms with E-state index in [1.54, 1.807) is 42.3 Å². The molecule has 0 spiro atoms. The fraction of sp³-hybridized carbons (Fsp3) is 0.238. The number of ether oxygens (including phenoxy) is 2. The molecule has 1 amide bonds. The highest BCUT2D eigenvalue weighted by molar-refractivity contribution is 6.32. The fourth-order valence-electron chi connectivity index (χ4n) is 2.48. The maximum Gasteiger partial charge on any atom is 0.246 e. The van der Waals surface area contributed by atoms with Crippen LogP contribution >= 0.6 is 11.6 Å². The van der Waals surface area contributed by atoms with E-state index in [4.69, 9.17) is 26.3 Å². The summed E-state index contributed by atoms with van der Waals surface area (Å²) in [5, 5.41) is 9.25. The Hall–Kier alpha value is -2.97. The zero-order chi connectivity index (χ0) is 19.8. The first-order chi connectivity index (χ1) is 13.0. The Kier molecular flexibility index (Phi) is 7.27. The number of methoxy groups -OCH3 is 1. The van der Waals surface area contributed by atoms with Gasteiger partial charge in [-0.2, -0.15) is 5.26 Å². The molecule has 0 saturated carbocycles. The fourth-order valence-corrected chi connectivity index (χ4v) is 2.77. The minimum absolute atomic E-state index is 0.149. The van der Waals surface area contributed by atoms with Gasteiger partial charge in [-0.15, -0.1) is 0 Å². The van der Waals surface area contributed by atoms with Crippen LogP contribution in [0.5, 0.6) is 11.5 Å². The second-order valence-corrected chi connectivity index (χ2v) is 6.21. The smallest absolute Gasteiger partial charge is 0.246 e. The number of rotatable bonds is 7. The Morgan fingerprint density at radius 1 is 1.30 bits per heavy atom. The van der Waals surface area contributed by atoms with Crippen LogP contribution in [0.25, 0.3) is 6.08 Å². The summed E-state index contributed by atoms with van der Waals surface area (Å²) in [5.41, 5.74) is 2.28. The molecule has 0 aliphatic carbocycles. The van der Waals surface area contributed by atoms with Crippen LogP contribution in [0.2, 0.25) is 5.02 Å². The molecule has 0 aromatic heterocycles. The first-order valence-corrected chi connectivity index (χ1v) is 8.78. The summed E-state index contributed by atoms with van der Waals surface area (Å²) in [7, 11) is 3.25. The molecule has 27 heavy (non-hydrogen) atoms. The van der Waals surface area contributed by atoms with Crippen LogP contribution in [0.1, 0.15) is 23.6 Å². The molecule has 0 bridgehead atoms. The minimum Gasteiger partial charge on any atom is -0.491 e. The van der Waals surface area contributed by atoms with Gasteiger partial charge in [-0.05, 0) is 48.4 Å². The van der Waals surface area contributed by atoms with Crippen molar-refractivity contribution < 1.29 is 14.3 Å². The van der Waals surface area contributed by atoms with E-state index < -0.39 is 0 Å². The number of nitriles is 1. The predicted octanol–water partition coefficient (Wildman–Crippen LogP) is 4.29. The molecule has 2 aromatic carbocycles. The highest BCUT2D eigenvalue weighted by Crippen LogP contribution is 2.36.